The highest BCUT2D eigenvalue weighted by atomic mass is 32.2. The fourth-order valence-corrected chi connectivity index (χ4v) is 1.38. The number of nitrogens with one attached hydrogen (secondary N) is 2. The van der Waals surface area contributed by atoms with Crippen molar-refractivity contribution in [2.45, 2.75) is 25.0 Å². The largest absolute Gasteiger partial charge is 0.376 e. The van der Waals surface area contributed by atoms with Crippen molar-refractivity contribution in [3.8, 4) is 0 Å². The Morgan fingerprint density at radius 1 is 1.31 bits per heavy atom. The van der Waals surface area contributed by atoms with Crippen molar-refractivity contribution in [1.82, 2.24) is 15.0 Å². The van der Waals surface area contributed by atoms with Crippen LogP contribution in [0.5, 0.6) is 0 Å². The number of nitrogens with zero attached hydrogens (tertiary/aromatic N) is 3. The molecule has 0 aliphatic carbocycles. The predicted molar refractivity (Wildman–Crippen MR) is 70.8 cm³/mol. The first-order valence-electron chi connectivity index (χ1n) is 4.64. The van der Waals surface area contributed by atoms with Crippen LogP contribution < -0.4 is 16.4 Å². The number of anilines is 2. The minimum atomic E-state index is 0.133. The third-order valence-electron chi connectivity index (χ3n) is 1.45. The number of rotatable bonds is 4. The molecule has 1 heterocycles. The lowest BCUT2D eigenvalue weighted by molar-refractivity contribution is 0.840. The smallest absolute Gasteiger partial charge is 0.234 e. The summed E-state index contributed by atoms with van der Waals surface area (Å²) in [4.78, 5) is 12.5. The minimum Gasteiger partial charge on any atom is -0.376 e. The monoisotopic (exact) mass is 258 g/mol. The molecule has 0 saturated heterocycles. The van der Waals surface area contributed by atoms with E-state index in [1.807, 2.05) is 20.1 Å². The topological polar surface area (TPSA) is 88.8 Å². The first-order chi connectivity index (χ1) is 7.51. The zero-order chi connectivity index (χ0) is 12.1. The van der Waals surface area contributed by atoms with Crippen molar-refractivity contribution >= 4 is 41.0 Å². The molecule has 1 rings (SSSR count). The van der Waals surface area contributed by atoms with Crippen LogP contribution in [0.1, 0.15) is 13.8 Å². The first kappa shape index (κ1) is 12.9. The van der Waals surface area contributed by atoms with Crippen LogP contribution in [0.4, 0.5) is 11.9 Å². The Bertz CT molecular complexity index is 381. The van der Waals surface area contributed by atoms with Gasteiger partial charge in [-0.3, -0.25) is 0 Å². The molecule has 8 heteroatoms. The maximum atomic E-state index is 5.36. The molecule has 0 unspecified atom stereocenters. The van der Waals surface area contributed by atoms with Crippen LogP contribution in [0.15, 0.2) is 5.16 Å². The van der Waals surface area contributed by atoms with E-state index < -0.39 is 0 Å². The number of nitrogens with two attached hydrogens (primary N) is 1. The molecule has 4 N–H and O–H groups in total. The molecule has 1 aromatic heterocycles. The SMILES string of the molecule is CSc1nc(NC(N)=S)nc(NC(C)C)n1. The molecule has 0 aliphatic heterocycles. The second-order valence-electron chi connectivity index (χ2n) is 3.26. The lowest BCUT2D eigenvalue weighted by Crippen LogP contribution is -2.22. The van der Waals surface area contributed by atoms with Crippen LogP contribution in [-0.4, -0.2) is 32.4 Å². The van der Waals surface area contributed by atoms with Crippen molar-refractivity contribution in [2.24, 2.45) is 5.73 Å². The highest BCUT2D eigenvalue weighted by Gasteiger charge is 2.06. The molecule has 0 saturated carbocycles. The van der Waals surface area contributed by atoms with E-state index in [0.717, 1.165) is 0 Å². The number of thioether (sulfide) groups is 1. The molecular weight excluding hydrogens is 244 g/mol. The van der Waals surface area contributed by atoms with Gasteiger partial charge in [0.15, 0.2) is 10.3 Å². The fourth-order valence-electron chi connectivity index (χ4n) is 0.937. The summed E-state index contributed by atoms with van der Waals surface area (Å²) in [5, 5.41) is 6.52. The van der Waals surface area contributed by atoms with E-state index in [1.165, 1.54) is 11.8 Å². The van der Waals surface area contributed by atoms with E-state index in [-0.39, 0.29) is 11.2 Å². The van der Waals surface area contributed by atoms with Crippen LogP contribution in [0.25, 0.3) is 0 Å². The number of thiocarbonyl (C=S) groups is 1. The van der Waals surface area contributed by atoms with Gasteiger partial charge in [-0.25, -0.2) is 0 Å². The van der Waals surface area contributed by atoms with Crippen LogP contribution >= 0.6 is 24.0 Å². The first-order valence-corrected chi connectivity index (χ1v) is 6.27. The van der Waals surface area contributed by atoms with Crippen LogP contribution in [0, 0.1) is 0 Å². The van der Waals surface area contributed by atoms with Gasteiger partial charge >= 0.3 is 0 Å². The quantitative estimate of drug-likeness (QED) is 0.546. The Balaban J connectivity index is 2.95. The van der Waals surface area contributed by atoms with Gasteiger partial charge in [0.1, 0.15) is 0 Å². The van der Waals surface area contributed by atoms with Gasteiger partial charge in [-0.2, -0.15) is 15.0 Å². The summed E-state index contributed by atoms with van der Waals surface area (Å²) < 4.78 is 0. The third kappa shape index (κ3) is 4.15. The van der Waals surface area contributed by atoms with Gasteiger partial charge in [-0.05, 0) is 32.3 Å². The molecule has 16 heavy (non-hydrogen) atoms. The van der Waals surface area contributed by atoms with Gasteiger partial charge in [0.25, 0.3) is 0 Å². The second-order valence-corrected chi connectivity index (χ2v) is 4.47. The lowest BCUT2D eigenvalue weighted by atomic mass is 10.4. The molecule has 0 aliphatic rings. The van der Waals surface area contributed by atoms with Crippen molar-refractivity contribution in [1.29, 1.82) is 0 Å². The Morgan fingerprint density at radius 2 is 1.94 bits per heavy atom. The summed E-state index contributed by atoms with van der Waals surface area (Å²) in [6, 6.07) is 0.245. The maximum Gasteiger partial charge on any atom is 0.234 e. The van der Waals surface area contributed by atoms with Crippen molar-refractivity contribution in [2.75, 3.05) is 16.9 Å². The van der Waals surface area contributed by atoms with E-state index in [0.29, 0.717) is 17.1 Å². The van der Waals surface area contributed by atoms with Gasteiger partial charge < -0.3 is 16.4 Å². The van der Waals surface area contributed by atoms with E-state index in [9.17, 15) is 0 Å². The summed E-state index contributed by atoms with van der Waals surface area (Å²) in [6.07, 6.45) is 1.89. The summed E-state index contributed by atoms with van der Waals surface area (Å²) in [5.41, 5.74) is 5.36. The Labute approximate surface area is 104 Å². The normalized spacial score (nSPS) is 10.2. The minimum absolute atomic E-state index is 0.133. The van der Waals surface area contributed by atoms with E-state index in [1.54, 1.807) is 0 Å². The van der Waals surface area contributed by atoms with E-state index in [4.69, 9.17) is 18.0 Å². The second kappa shape index (κ2) is 5.80. The van der Waals surface area contributed by atoms with Gasteiger partial charge in [0, 0.05) is 6.04 Å². The molecular formula is C8H14N6S2. The maximum absolute atomic E-state index is 5.36. The summed E-state index contributed by atoms with van der Waals surface area (Å²) in [7, 11) is 0. The number of hydrogen-bond donors (Lipinski definition) is 3. The fraction of sp³-hybridized carbons (Fsp3) is 0.500. The van der Waals surface area contributed by atoms with Gasteiger partial charge in [0.05, 0.1) is 0 Å². The Kier molecular flexibility index (Phi) is 4.69. The zero-order valence-electron chi connectivity index (χ0n) is 9.31. The van der Waals surface area contributed by atoms with E-state index >= 15 is 0 Å². The molecule has 0 aromatic carbocycles. The number of aromatic nitrogens is 3. The summed E-state index contributed by atoms with van der Waals surface area (Å²) >= 11 is 6.15. The third-order valence-corrected chi connectivity index (χ3v) is 2.10. The molecule has 0 atom stereocenters. The van der Waals surface area contributed by atoms with Gasteiger partial charge in [-0.1, -0.05) is 11.8 Å². The molecule has 0 fully saturated rings. The van der Waals surface area contributed by atoms with Crippen LogP contribution in [0.2, 0.25) is 0 Å². The Morgan fingerprint density at radius 3 is 2.44 bits per heavy atom. The highest BCUT2D eigenvalue weighted by Crippen LogP contribution is 2.13. The molecule has 1 aromatic rings. The van der Waals surface area contributed by atoms with Crippen molar-refractivity contribution in [3.05, 3.63) is 0 Å². The average molecular weight is 258 g/mol. The van der Waals surface area contributed by atoms with Crippen molar-refractivity contribution in [3.63, 3.8) is 0 Å². The predicted octanol–water partition coefficient (Wildman–Crippen LogP) is 1.07. The Hall–Kier alpha value is -1.15. The molecule has 0 spiro atoms. The van der Waals surface area contributed by atoms with E-state index in [2.05, 4.69) is 25.6 Å². The molecule has 6 nitrogen and oxygen atoms in total. The molecule has 0 bridgehead atoms. The molecule has 0 radical (unpaired) electrons. The summed E-state index contributed by atoms with van der Waals surface area (Å²) in [6.45, 7) is 4.01. The average Bonchev–Trinajstić information content (AvgIpc) is 2.14. The van der Waals surface area contributed by atoms with Crippen LogP contribution in [0.3, 0.4) is 0 Å². The van der Waals surface area contributed by atoms with Crippen LogP contribution in [-0.2, 0) is 0 Å². The molecule has 0 amide bonds. The lowest BCUT2D eigenvalue weighted by Gasteiger charge is -2.10. The zero-order valence-corrected chi connectivity index (χ0v) is 10.9. The summed E-state index contributed by atoms with van der Waals surface area (Å²) in [5.74, 6) is 0.864. The molecule has 88 valence electrons. The van der Waals surface area contributed by atoms with Crippen molar-refractivity contribution < 1.29 is 0 Å². The highest BCUT2D eigenvalue weighted by molar-refractivity contribution is 7.98. The van der Waals surface area contributed by atoms with Gasteiger partial charge in [-0.15, -0.1) is 0 Å². The number of hydrogen-bond acceptors (Lipinski definition) is 6. The standard InChI is InChI=1S/C8H14N6S2/c1-4(2)10-6-12-7(11-5(9)15)14-8(13-6)16-3/h4H,1-3H3,(H4,9,10,11,12,13,14,15). The van der Waals surface area contributed by atoms with Gasteiger partial charge in [0.2, 0.25) is 11.9 Å².